The van der Waals surface area contributed by atoms with Crippen molar-refractivity contribution in [3.05, 3.63) is 35.4 Å². The lowest BCUT2D eigenvalue weighted by atomic mass is 9.57. The number of nitrogens with two attached hydrogens (primary N) is 1. The molecule has 2 amide bonds. The molecule has 6 rings (SSSR count). The van der Waals surface area contributed by atoms with E-state index < -0.39 is 5.60 Å². The van der Waals surface area contributed by atoms with Gasteiger partial charge in [-0.3, -0.25) is 15.0 Å². The molecule has 0 bridgehead atoms. The first-order chi connectivity index (χ1) is 19.4. The predicted molar refractivity (Wildman–Crippen MR) is 155 cm³/mol. The fourth-order valence-electron chi connectivity index (χ4n) is 8.32. The maximum atomic E-state index is 13.2. The van der Waals surface area contributed by atoms with Crippen LogP contribution in [0.2, 0.25) is 0 Å². The van der Waals surface area contributed by atoms with E-state index in [1.165, 1.54) is 63.4 Å². The lowest BCUT2D eigenvalue weighted by Crippen LogP contribution is -2.54. The monoisotopic (exact) mass is 551 g/mol. The Morgan fingerprint density at radius 2 is 1.40 bits per heavy atom. The van der Waals surface area contributed by atoms with Crippen LogP contribution in [-0.2, 0) is 4.79 Å². The van der Waals surface area contributed by atoms with Gasteiger partial charge in [0.1, 0.15) is 5.60 Å². The summed E-state index contributed by atoms with van der Waals surface area (Å²) in [6.45, 7) is 1.99. The molecule has 5 aliphatic rings. The number of piperazine rings is 1. The molecule has 2 aliphatic heterocycles. The molecule has 5 fully saturated rings. The van der Waals surface area contributed by atoms with Crippen LogP contribution in [0.3, 0.4) is 0 Å². The van der Waals surface area contributed by atoms with Gasteiger partial charge in [-0.25, -0.2) is 5.43 Å². The third kappa shape index (κ3) is 5.44. The summed E-state index contributed by atoms with van der Waals surface area (Å²) in [4.78, 5) is 29.2. The molecule has 1 aromatic carbocycles. The van der Waals surface area contributed by atoms with Crippen LogP contribution < -0.4 is 16.6 Å². The number of carbonyl (C=O) groups excluding carboxylic acids is 2. The van der Waals surface area contributed by atoms with Gasteiger partial charge in [0, 0.05) is 43.2 Å². The first kappa shape index (κ1) is 28.1. The Labute approximate surface area is 239 Å². The molecule has 3 saturated carbocycles. The van der Waals surface area contributed by atoms with Crippen molar-refractivity contribution in [3.8, 4) is 0 Å². The molecule has 5 N–H and O–H groups in total. The van der Waals surface area contributed by atoms with Crippen molar-refractivity contribution in [1.82, 2.24) is 20.7 Å². The van der Waals surface area contributed by atoms with Crippen LogP contribution in [0.15, 0.2) is 24.3 Å². The molecular weight excluding hydrogens is 502 g/mol. The summed E-state index contributed by atoms with van der Waals surface area (Å²) in [6, 6.07) is 8.65. The Bertz CT molecular complexity index is 1040. The van der Waals surface area contributed by atoms with E-state index in [1.807, 2.05) is 17.0 Å². The van der Waals surface area contributed by atoms with Crippen LogP contribution in [0.5, 0.6) is 0 Å². The van der Waals surface area contributed by atoms with E-state index in [1.54, 1.807) is 4.90 Å². The Balaban J connectivity index is 1.07. The summed E-state index contributed by atoms with van der Waals surface area (Å²) < 4.78 is 0. The van der Waals surface area contributed by atoms with Gasteiger partial charge in [0.2, 0.25) is 0 Å². The largest absolute Gasteiger partial charge is 0.380 e. The summed E-state index contributed by atoms with van der Waals surface area (Å²) in [7, 11) is 0. The average molecular weight is 552 g/mol. The molecule has 2 heterocycles. The minimum Gasteiger partial charge on any atom is -0.380 e. The number of nitrogens with one attached hydrogen (secondary N) is 2. The van der Waals surface area contributed by atoms with Crippen LogP contribution in [0.4, 0.5) is 0 Å². The maximum Gasteiger partial charge on any atom is 0.254 e. The Hall–Kier alpha value is -2.00. The second-order valence-electron chi connectivity index (χ2n) is 13.4. The van der Waals surface area contributed by atoms with Crippen molar-refractivity contribution in [1.29, 1.82) is 0 Å². The minimum absolute atomic E-state index is 0.00864. The van der Waals surface area contributed by atoms with Crippen LogP contribution >= 0.6 is 0 Å². The topological polar surface area (TPSA) is 111 Å². The molecule has 0 spiro atoms. The van der Waals surface area contributed by atoms with Crippen molar-refractivity contribution in [2.24, 2.45) is 17.1 Å². The van der Waals surface area contributed by atoms with E-state index in [0.717, 1.165) is 19.3 Å². The molecule has 4 atom stereocenters. The smallest absolute Gasteiger partial charge is 0.254 e. The lowest BCUT2D eigenvalue weighted by molar-refractivity contribution is -0.143. The highest BCUT2D eigenvalue weighted by molar-refractivity contribution is 5.94. The molecule has 220 valence electrons. The standard InChI is InChI=1S/C32H49N5O3/c33-29-32(26-8-6-4-2-1-3-5-7-9-26)15-14-25(22-27(32)34-35-29)23-10-12-24(13-11-23)28(38)36-18-20-37(21-19-36)30(39)31(40)16-17-31/h10-13,25-27,29,34-35,40H,1-9,14-22,33H2. The van der Waals surface area contributed by atoms with Crippen molar-refractivity contribution < 1.29 is 14.7 Å². The van der Waals surface area contributed by atoms with E-state index in [4.69, 9.17) is 5.73 Å². The van der Waals surface area contributed by atoms with Crippen molar-refractivity contribution >= 4 is 11.8 Å². The number of hydrogen-bond acceptors (Lipinski definition) is 6. The summed E-state index contributed by atoms with van der Waals surface area (Å²) in [5.41, 5.74) is 14.9. The number of hydrogen-bond donors (Lipinski definition) is 4. The van der Waals surface area contributed by atoms with Crippen molar-refractivity contribution in [3.63, 3.8) is 0 Å². The van der Waals surface area contributed by atoms with Gasteiger partial charge < -0.3 is 20.6 Å². The molecule has 40 heavy (non-hydrogen) atoms. The van der Waals surface area contributed by atoms with Gasteiger partial charge in [-0.2, -0.15) is 0 Å². The fourth-order valence-corrected chi connectivity index (χ4v) is 8.32. The van der Waals surface area contributed by atoms with Crippen LogP contribution in [0.25, 0.3) is 0 Å². The fraction of sp³-hybridized carbons (Fsp3) is 0.750. The number of benzene rings is 1. The van der Waals surface area contributed by atoms with E-state index in [2.05, 4.69) is 23.0 Å². The van der Waals surface area contributed by atoms with E-state index in [0.29, 0.717) is 62.5 Å². The predicted octanol–water partition coefficient (Wildman–Crippen LogP) is 3.65. The molecular formula is C32H49N5O3. The zero-order valence-electron chi connectivity index (χ0n) is 24.1. The molecule has 8 heteroatoms. The lowest BCUT2D eigenvalue weighted by Gasteiger charge is -2.49. The van der Waals surface area contributed by atoms with Gasteiger partial charge in [-0.05, 0) is 74.5 Å². The Kier molecular flexibility index (Phi) is 8.23. The molecule has 8 nitrogen and oxygen atoms in total. The molecule has 4 unspecified atom stereocenters. The van der Waals surface area contributed by atoms with E-state index in [-0.39, 0.29) is 23.4 Å². The summed E-state index contributed by atoms with van der Waals surface area (Å²) in [5, 5.41) is 10.1. The summed E-state index contributed by atoms with van der Waals surface area (Å²) in [5.74, 6) is 0.991. The van der Waals surface area contributed by atoms with E-state index in [9.17, 15) is 14.7 Å². The van der Waals surface area contributed by atoms with Crippen molar-refractivity contribution in [2.45, 2.75) is 114 Å². The van der Waals surface area contributed by atoms with Crippen LogP contribution in [0, 0.1) is 11.3 Å². The number of hydrazine groups is 1. The molecule has 3 aliphatic carbocycles. The van der Waals surface area contributed by atoms with Crippen LogP contribution in [-0.4, -0.2) is 70.7 Å². The third-order valence-corrected chi connectivity index (χ3v) is 11.1. The highest BCUT2D eigenvalue weighted by Crippen LogP contribution is 2.53. The Morgan fingerprint density at radius 3 is 2.02 bits per heavy atom. The van der Waals surface area contributed by atoms with Gasteiger partial charge >= 0.3 is 0 Å². The van der Waals surface area contributed by atoms with E-state index >= 15 is 0 Å². The number of aliphatic hydroxyl groups is 1. The first-order valence-corrected chi connectivity index (χ1v) is 16.1. The van der Waals surface area contributed by atoms with Gasteiger partial charge in [-0.1, -0.05) is 57.1 Å². The molecule has 2 saturated heterocycles. The third-order valence-electron chi connectivity index (χ3n) is 11.1. The second-order valence-corrected chi connectivity index (χ2v) is 13.4. The zero-order valence-corrected chi connectivity index (χ0v) is 24.1. The van der Waals surface area contributed by atoms with Gasteiger partial charge in [0.25, 0.3) is 11.8 Å². The van der Waals surface area contributed by atoms with Gasteiger partial charge in [0.05, 0.1) is 6.17 Å². The number of nitrogens with zero attached hydrogens (tertiary/aromatic N) is 2. The van der Waals surface area contributed by atoms with Crippen molar-refractivity contribution in [2.75, 3.05) is 26.2 Å². The second kappa shape index (κ2) is 11.7. The summed E-state index contributed by atoms with van der Waals surface area (Å²) >= 11 is 0. The quantitative estimate of drug-likeness (QED) is 0.455. The number of rotatable bonds is 4. The zero-order chi connectivity index (χ0) is 27.7. The molecule has 1 aromatic rings. The van der Waals surface area contributed by atoms with Gasteiger partial charge in [-0.15, -0.1) is 0 Å². The number of carbonyl (C=O) groups is 2. The average Bonchev–Trinajstić information content (AvgIpc) is 3.67. The highest BCUT2D eigenvalue weighted by atomic mass is 16.3. The van der Waals surface area contributed by atoms with Crippen LogP contribution in [0.1, 0.15) is 112 Å². The molecule has 0 radical (unpaired) electrons. The summed E-state index contributed by atoms with van der Waals surface area (Å²) in [6.07, 6.45) is 16.6. The Morgan fingerprint density at radius 1 is 0.800 bits per heavy atom. The number of fused-ring (bicyclic) bond motifs is 1. The number of amides is 2. The minimum atomic E-state index is -1.14. The highest BCUT2D eigenvalue weighted by Gasteiger charge is 2.55. The SMILES string of the molecule is NC1NNC2CC(c3ccc(C(=O)N4CCN(C(=O)C5(O)CC5)CC4)cc3)CCC12C1CCCCCCCCC1. The van der Waals surface area contributed by atoms with Gasteiger partial charge in [0.15, 0.2) is 0 Å². The molecule has 0 aromatic heterocycles. The normalized spacial score (nSPS) is 33.3. The maximum absolute atomic E-state index is 13.2. The first-order valence-electron chi connectivity index (χ1n) is 16.1.